The van der Waals surface area contributed by atoms with Crippen LogP contribution in [0.5, 0.6) is 0 Å². The summed E-state index contributed by atoms with van der Waals surface area (Å²) >= 11 is 0. The molecule has 0 saturated carbocycles. The van der Waals surface area contributed by atoms with E-state index in [4.69, 9.17) is 4.74 Å². The number of methoxy groups -OCH3 is 1. The van der Waals surface area contributed by atoms with Gasteiger partial charge in [-0.2, -0.15) is 0 Å². The van der Waals surface area contributed by atoms with E-state index in [0.717, 1.165) is 38.0 Å². The Morgan fingerprint density at radius 2 is 1.45 bits per heavy atom. The Labute approximate surface area is 191 Å². The van der Waals surface area contributed by atoms with Crippen molar-refractivity contribution in [2.45, 2.75) is 12.5 Å². The second-order valence-electron chi connectivity index (χ2n) is 7.97. The predicted octanol–water partition coefficient (Wildman–Crippen LogP) is 5.06. The molecule has 0 bridgehead atoms. The van der Waals surface area contributed by atoms with Crippen molar-refractivity contribution in [3.63, 3.8) is 0 Å². The molecule has 0 saturated heterocycles. The van der Waals surface area contributed by atoms with Crippen molar-refractivity contribution in [2.75, 3.05) is 7.11 Å². The lowest BCUT2D eigenvalue weighted by atomic mass is 9.92. The fourth-order valence-electron chi connectivity index (χ4n) is 4.30. The number of hydrogen-bond acceptors (Lipinski definition) is 4. The van der Waals surface area contributed by atoms with Gasteiger partial charge in [0.15, 0.2) is 0 Å². The number of fused-ring (bicyclic) bond motifs is 3. The summed E-state index contributed by atoms with van der Waals surface area (Å²) in [6, 6.07) is 26.8. The minimum absolute atomic E-state index is 0.307. The van der Waals surface area contributed by atoms with Gasteiger partial charge in [0.25, 0.3) is 5.91 Å². The van der Waals surface area contributed by atoms with Crippen molar-refractivity contribution in [3.05, 3.63) is 102 Å². The number of nitrogens with zero attached hydrogens (tertiary/aromatic N) is 1. The van der Waals surface area contributed by atoms with Crippen molar-refractivity contribution < 1.29 is 14.3 Å². The van der Waals surface area contributed by atoms with E-state index in [1.54, 1.807) is 6.07 Å². The first kappa shape index (κ1) is 20.6. The Hall–Kier alpha value is -4.25. The van der Waals surface area contributed by atoms with Gasteiger partial charge in [-0.05, 0) is 45.3 Å². The van der Waals surface area contributed by atoms with Gasteiger partial charge in [0.05, 0.1) is 18.2 Å². The molecule has 0 fully saturated rings. The first-order valence-electron chi connectivity index (χ1n) is 10.8. The predicted molar refractivity (Wildman–Crippen MR) is 130 cm³/mol. The number of amides is 1. The summed E-state index contributed by atoms with van der Waals surface area (Å²) in [6.07, 6.45) is 1.83. The van der Waals surface area contributed by atoms with Gasteiger partial charge in [-0.15, -0.1) is 0 Å². The molecule has 5 aromatic rings. The molecule has 5 heteroatoms. The van der Waals surface area contributed by atoms with Gasteiger partial charge in [-0.1, -0.05) is 66.7 Å². The summed E-state index contributed by atoms with van der Waals surface area (Å²) in [4.78, 5) is 30.2. The molecule has 1 aromatic heterocycles. The zero-order valence-electron chi connectivity index (χ0n) is 18.1. The van der Waals surface area contributed by atoms with E-state index in [0.29, 0.717) is 12.0 Å². The fourth-order valence-corrected chi connectivity index (χ4v) is 4.30. The van der Waals surface area contributed by atoms with Crippen LogP contribution in [-0.2, 0) is 16.0 Å². The normalized spacial score (nSPS) is 12.0. The van der Waals surface area contributed by atoms with Crippen LogP contribution in [0.25, 0.3) is 32.4 Å². The van der Waals surface area contributed by atoms with E-state index in [1.165, 1.54) is 13.3 Å². The molecule has 0 aliphatic heterocycles. The number of esters is 1. The summed E-state index contributed by atoms with van der Waals surface area (Å²) in [5, 5.41) is 8.00. The van der Waals surface area contributed by atoms with Crippen LogP contribution in [0.1, 0.15) is 15.9 Å². The maximum Gasteiger partial charge on any atom is 0.328 e. The van der Waals surface area contributed by atoms with Gasteiger partial charge in [-0.3, -0.25) is 9.78 Å². The lowest BCUT2D eigenvalue weighted by Crippen LogP contribution is -2.43. The number of rotatable bonds is 5. The highest BCUT2D eigenvalue weighted by Gasteiger charge is 2.25. The molecule has 0 aliphatic rings. The van der Waals surface area contributed by atoms with Crippen LogP contribution in [0.4, 0.5) is 0 Å². The van der Waals surface area contributed by atoms with Crippen LogP contribution < -0.4 is 5.32 Å². The highest BCUT2D eigenvalue weighted by atomic mass is 16.5. The van der Waals surface area contributed by atoms with E-state index in [1.807, 2.05) is 60.7 Å². The minimum atomic E-state index is -0.844. The molecule has 5 nitrogen and oxygen atoms in total. The second kappa shape index (κ2) is 8.71. The number of carbonyl (C=O) groups is 2. The SMILES string of the molecule is COC(=O)[C@@H](Cc1c2ccccc2cc2ccccc12)NC(=O)c1cnc2ccccc2c1. The Bertz CT molecular complexity index is 1460. The number of ether oxygens (including phenoxy) is 1. The maximum atomic E-state index is 13.1. The summed E-state index contributed by atoms with van der Waals surface area (Å²) in [6.45, 7) is 0. The number of pyridine rings is 1. The van der Waals surface area contributed by atoms with Crippen molar-refractivity contribution >= 4 is 44.3 Å². The molecule has 0 unspecified atom stereocenters. The van der Waals surface area contributed by atoms with Gasteiger partial charge < -0.3 is 10.1 Å². The highest BCUT2D eigenvalue weighted by Crippen LogP contribution is 2.29. The van der Waals surface area contributed by atoms with Crippen LogP contribution >= 0.6 is 0 Å². The molecule has 33 heavy (non-hydrogen) atoms. The van der Waals surface area contributed by atoms with Crippen LogP contribution in [0, 0.1) is 0 Å². The van der Waals surface area contributed by atoms with Crippen LogP contribution in [-0.4, -0.2) is 30.0 Å². The van der Waals surface area contributed by atoms with Crippen molar-refractivity contribution in [1.29, 1.82) is 0 Å². The van der Waals surface area contributed by atoms with Crippen LogP contribution in [0.2, 0.25) is 0 Å². The Morgan fingerprint density at radius 3 is 2.12 bits per heavy atom. The number of hydrogen-bond donors (Lipinski definition) is 1. The third-order valence-electron chi connectivity index (χ3n) is 5.93. The quantitative estimate of drug-likeness (QED) is 0.310. The number of nitrogens with one attached hydrogen (secondary N) is 1. The van der Waals surface area contributed by atoms with Crippen LogP contribution in [0.15, 0.2) is 91.1 Å². The number of carbonyl (C=O) groups excluding carboxylic acids is 2. The van der Waals surface area contributed by atoms with E-state index in [-0.39, 0.29) is 5.91 Å². The average molecular weight is 434 g/mol. The van der Waals surface area contributed by atoms with Crippen molar-refractivity contribution in [1.82, 2.24) is 10.3 Å². The maximum absolute atomic E-state index is 13.1. The molecule has 5 rings (SSSR count). The first-order valence-corrected chi connectivity index (χ1v) is 10.8. The molecule has 1 heterocycles. The highest BCUT2D eigenvalue weighted by molar-refractivity contribution is 6.03. The van der Waals surface area contributed by atoms with Gasteiger partial charge in [-0.25, -0.2) is 4.79 Å². The van der Waals surface area contributed by atoms with Gasteiger partial charge in [0.1, 0.15) is 6.04 Å². The largest absolute Gasteiger partial charge is 0.467 e. The molecular formula is C28H22N2O3. The minimum Gasteiger partial charge on any atom is -0.467 e. The zero-order valence-corrected chi connectivity index (χ0v) is 18.1. The Kier molecular flexibility index (Phi) is 5.45. The summed E-state index contributed by atoms with van der Waals surface area (Å²) in [5.74, 6) is -0.859. The van der Waals surface area contributed by atoms with Gasteiger partial charge >= 0.3 is 5.97 Å². The lowest BCUT2D eigenvalue weighted by Gasteiger charge is -2.19. The molecule has 4 aromatic carbocycles. The monoisotopic (exact) mass is 434 g/mol. The smallest absolute Gasteiger partial charge is 0.328 e. The number of para-hydroxylation sites is 1. The molecule has 0 spiro atoms. The van der Waals surface area contributed by atoms with Crippen LogP contribution in [0.3, 0.4) is 0 Å². The van der Waals surface area contributed by atoms with Crippen molar-refractivity contribution in [3.8, 4) is 0 Å². The van der Waals surface area contributed by atoms with Crippen molar-refractivity contribution in [2.24, 2.45) is 0 Å². The molecular weight excluding hydrogens is 412 g/mol. The third-order valence-corrected chi connectivity index (χ3v) is 5.93. The molecule has 162 valence electrons. The summed E-state index contributed by atoms with van der Waals surface area (Å²) < 4.78 is 5.05. The fraction of sp³-hybridized carbons (Fsp3) is 0.107. The van der Waals surface area contributed by atoms with E-state index >= 15 is 0 Å². The summed E-state index contributed by atoms with van der Waals surface area (Å²) in [7, 11) is 1.33. The van der Waals surface area contributed by atoms with E-state index in [9.17, 15) is 9.59 Å². The molecule has 0 radical (unpaired) electrons. The zero-order chi connectivity index (χ0) is 22.8. The summed E-state index contributed by atoms with van der Waals surface area (Å²) in [5.41, 5.74) is 2.20. The van der Waals surface area contributed by atoms with E-state index in [2.05, 4.69) is 28.5 Å². The molecule has 1 N–H and O–H groups in total. The molecule has 0 aliphatic carbocycles. The second-order valence-corrected chi connectivity index (χ2v) is 7.97. The van der Waals surface area contributed by atoms with Gasteiger partial charge in [0.2, 0.25) is 0 Å². The molecule has 1 amide bonds. The topological polar surface area (TPSA) is 68.3 Å². The number of aromatic nitrogens is 1. The Balaban J connectivity index is 1.53. The number of benzene rings is 4. The average Bonchev–Trinajstić information content (AvgIpc) is 2.87. The van der Waals surface area contributed by atoms with E-state index < -0.39 is 12.0 Å². The Morgan fingerprint density at radius 1 is 0.848 bits per heavy atom. The standard InChI is InChI=1S/C28H22N2O3/c1-33-28(32)26(30-27(31)21-15-20-10-4-7-13-25(20)29-17-21)16-24-22-11-5-2-8-18(22)14-19-9-3-6-12-23(19)24/h2-15,17,26H,16H2,1H3,(H,30,31)/t26-/m1/s1. The van der Waals surface area contributed by atoms with Gasteiger partial charge in [0, 0.05) is 18.0 Å². The third kappa shape index (κ3) is 4.01. The lowest BCUT2D eigenvalue weighted by molar-refractivity contribution is -0.142. The molecule has 1 atom stereocenters. The first-order chi connectivity index (χ1) is 16.1.